The standard InChI is InChI=1S/C13H16N4/c1-2-11-9-16-6-3-4-12(16)13(15-11)17-7-5-10(14)8-17/h3-4,6,9,14H,2,5,7-8H2,1H3. The highest BCUT2D eigenvalue weighted by atomic mass is 15.2. The quantitative estimate of drug-likeness (QED) is 0.855. The molecule has 17 heavy (non-hydrogen) atoms. The molecule has 0 aliphatic carbocycles. The predicted octanol–water partition coefficient (Wildman–Crippen LogP) is 2.13. The van der Waals surface area contributed by atoms with Gasteiger partial charge in [0.25, 0.3) is 0 Å². The van der Waals surface area contributed by atoms with Gasteiger partial charge < -0.3 is 14.7 Å². The Bertz CT molecular complexity index is 570. The highest BCUT2D eigenvalue weighted by Crippen LogP contribution is 2.23. The number of fused-ring (bicyclic) bond motifs is 1. The molecule has 1 N–H and O–H groups in total. The van der Waals surface area contributed by atoms with Gasteiger partial charge >= 0.3 is 0 Å². The van der Waals surface area contributed by atoms with E-state index in [9.17, 15) is 0 Å². The van der Waals surface area contributed by atoms with E-state index >= 15 is 0 Å². The van der Waals surface area contributed by atoms with Crippen LogP contribution in [0.1, 0.15) is 19.0 Å². The summed E-state index contributed by atoms with van der Waals surface area (Å²) in [6.07, 6.45) is 5.94. The van der Waals surface area contributed by atoms with Crippen molar-refractivity contribution in [3.8, 4) is 0 Å². The van der Waals surface area contributed by atoms with Crippen LogP contribution in [0.5, 0.6) is 0 Å². The average molecular weight is 228 g/mol. The molecule has 2 aromatic heterocycles. The van der Waals surface area contributed by atoms with Crippen molar-refractivity contribution in [1.82, 2.24) is 9.38 Å². The smallest absolute Gasteiger partial charge is 0.153 e. The van der Waals surface area contributed by atoms with Crippen LogP contribution in [0.25, 0.3) is 5.52 Å². The molecule has 0 bridgehead atoms. The third-order valence-corrected chi connectivity index (χ3v) is 3.27. The summed E-state index contributed by atoms with van der Waals surface area (Å²) in [7, 11) is 0. The second-order valence-corrected chi connectivity index (χ2v) is 4.49. The summed E-state index contributed by atoms with van der Waals surface area (Å²) >= 11 is 0. The van der Waals surface area contributed by atoms with E-state index in [1.807, 2.05) is 6.07 Å². The summed E-state index contributed by atoms with van der Waals surface area (Å²) in [4.78, 5) is 6.92. The maximum atomic E-state index is 7.72. The number of nitrogens with one attached hydrogen (secondary N) is 1. The van der Waals surface area contributed by atoms with Gasteiger partial charge in [0.05, 0.1) is 17.8 Å². The van der Waals surface area contributed by atoms with E-state index in [0.717, 1.165) is 48.7 Å². The van der Waals surface area contributed by atoms with Crippen molar-refractivity contribution < 1.29 is 0 Å². The second kappa shape index (κ2) is 3.87. The van der Waals surface area contributed by atoms with E-state index < -0.39 is 0 Å². The van der Waals surface area contributed by atoms with Crippen molar-refractivity contribution in [2.75, 3.05) is 18.0 Å². The molecule has 1 fully saturated rings. The molecule has 1 aliphatic rings. The molecular weight excluding hydrogens is 212 g/mol. The Hall–Kier alpha value is -1.84. The minimum Gasteiger partial charge on any atom is -0.349 e. The van der Waals surface area contributed by atoms with Crippen molar-refractivity contribution in [2.24, 2.45) is 0 Å². The van der Waals surface area contributed by atoms with Crippen molar-refractivity contribution in [2.45, 2.75) is 19.8 Å². The molecule has 0 saturated carbocycles. The molecular formula is C13H16N4. The second-order valence-electron chi connectivity index (χ2n) is 4.49. The van der Waals surface area contributed by atoms with E-state index in [2.05, 4.69) is 34.7 Å². The molecule has 2 aromatic rings. The van der Waals surface area contributed by atoms with Crippen LogP contribution >= 0.6 is 0 Å². The number of aromatic nitrogens is 2. The third-order valence-electron chi connectivity index (χ3n) is 3.27. The maximum absolute atomic E-state index is 7.72. The van der Waals surface area contributed by atoms with Crippen LogP contribution < -0.4 is 4.90 Å². The minimum atomic E-state index is 0.723. The molecule has 1 saturated heterocycles. The highest BCUT2D eigenvalue weighted by Gasteiger charge is 2.20. The van der Waals surface area contributed by atoms with Crippen molar-refractivity contribution in [1.29, 1.82) is 5.41 Å². The van der Waals surface area contributed by atoms with Gasteiger partial charge in [0.2, 0.25) is 0 Å². The average Bonchev–Trinajstić information content (AvgIpc) is 2.95. The first-order valence-electron chi connectivity index (χ1n) is 6.06. The molecule has 4 heteroatoms. The lowest BCUT2D eigenvalue weighted by atomic mass is 10.3. The molecule has 0 unspecified atom stereocenters. The van der Waals surface area contributed by atoms with E-state index in [0.29, 0.717) is 0 Å². The Morgan fingerprint density at radius 1 is 1.47 bits per heavy atom. The SMILES string of the molecule is CCc1cn2cccc2c(N2CCC(=N)C2)n1. The van der Waals surface area contributed by atoms with E-state index in [-0.39, 0.29) is 0 Å². The van der Waals surface area contributed by atoms with E-state index in [1.165, 1.54) is 0 Å². The maximum Gasteiger partial charge on any atom is 0.153 e. The fraction of sp³-hybridized carbons (Fsp3) is 0.385. The summed E-state index contributed by atoms with van der Waals surface area (Å²) < 4.78 is 2.13. The lowest BCUT2D eigenvalue weighted by Gasteiger charge is -2.18. The Labute approximate surface area is 100 Å². The molecule has 0 radical (unpaired) electrons. The lowest BCUT2D eigenvalue weighted by molar-refractivity contribution is 0.902. The van der Waals surface area contributed by atoms with Gasteiger partial charge in [-0.05, 0) is 18.6 Å². The summed E-state index contributed by atoms with van der Waals surface area (Å²) in [5.74, 6) is 1.02. The highest BCUT2D eigenvalue weighted by molar-refractivity contribution is 5.90. The van der Waals surface area contributed by atoms with Crippen LogP contribution in [0.2, 0.25) is 0 Å². The molecule has 0 atom stereocenters. The predicted molar refractivity (Wildman–Crippen MR) is 69.1 cm³/mol. The number of anilines is 1. The largest absolute Gasteiger partial charge is 0.349 e. The summed E-state index contributed by atoms with van der Waals surface area (Å²) in [5, 5.41) is 7.72. The summed E-state index contributed by atoms with van der Waals surface area (Å²) in [5.41, 5.74) is 3.04. The zero-order valence-electron chi connectivity index (χ0n) is 9.98. The normalized spacial score (nSPS) is 16.1. The number of nitrogens with zero attached hydrogens (tertiary/aromatic N) is 3. The van der Waals surface area contributed by atoms with Crippen molar-refractivity contribution >= 4 is 17.0 Å². The van der Waals surface area contributed by atoms with Crippen LogP contribution in [-0.4, -0.2) is 28.2 Å². The molecule has 3 rings (SSSR count). The van der Waals surface area contributed by atoms with E-state index in [4.69, 9.17) is 10.4 Å². The van der Waals surface area contributed by atoms with Crippen molar-refractivity contribution in [3.05, 3.63) is 30.2 Å². The van der Waals surface area contributed by atoms with Gasteiger partial charge in [0.1, 0.15) is 0 Å². The lowest BCUT2D eigenvalue weighted by Crippen LogP contribution is -2.22. The minimum absolute atomic E-state index is 0.723. The Balaban J connectivity index is 2.13. The number of hydrogen-bond acceptors (Lipinski definition) is 3. The Morgan fingerprint density at radius 2 is 2.35 bits per heavy atom. The zero-order chi connectivity index (χ0) is 11.8. The summed E-state index contributed by atoms with van der Waals surface area (Å²) in [6, 6.07) is 4.13. The van der Waals surface area contributed by atoms with Gasteiger partial charge in [-0.25, -0.2) is 4.98 Å². The molecule has 88 valence electrons. The molecule has 0 aromatic carbocycles. The van der Waals surface area contributed by atoms with Crippen LogP contribution in [-0.2, 0) is 6.42 Å². The fourth-order valence-corrected chi connectivity index (χ4v) is 2.32. The first kappa shape index (κ1) is 10.3. The topological polar surface area (TPSA) is 44.4 Å². The van der Waals surface area contributed by atoms with Crippen LogP contribution in [0, 0.1) is 5.41 Å². The first-order chi connectivity index (χ1) is 8.28. The van der Waals surface area contributed by atoms with Gasteiger partial charge in [0.15, 0.2) is 5.82 Å². The van der Waals surface area contributed by atoms with Gasteiger partial charge in [-0.2, -0.15) is 0 Å². The monoisotopic (exact) mass is 228 g/mol. The van der Waals surface area contributed by atoms with Gasteiger partial charge in [0, 0.05) is 31.1 Å². The zero-order valence-corrected chi connectivity index (χ0v) is 9.98. The molecule has 0 spiro atoms. The Kier molecular flexibility index (Phi) is 2.35. The molecule has 4 nitrogen and oxygen atoms in total. The molecule has 1 aliphatic heterocycles. The number of rotatable bonds is 2. The number of aryl methyl sites for hydroxylation is 1. The molecule has 0 amide bonds. The third kappa shape index (κ3) is 1.69. The van der Waals surface area contributed by atoms with E-state index in [1.54, 1.807) is 0 Å². The van der Waals surface area contributed by atoms with Crippen LogP contribution in [0.4, 0.5) is 5.82 Å². The van der Waals surface area contributed by atoms with Gasteiger partial charge in [-0.1, -0.05) is 6.92 Å². The number of hydrogen-bond donors (Lipinski definition) is 1. The first-order valence-corrected chi connectivity index (χ1v) is 6.06. The summed E-state index contributed by atoms with van der Waals surface area (Å²) in [6.45, 7) is 3.76. The van der Waals surface area contributed by atoms with Crippen LogP contribution in [0.3, 0.4) is 0 Å². The Morgan fingerprint density at radius 3 is 3.06 bits per heavy atom. The molecule has 3 heterocycles. The fourth-order valence-electron chi connectivity index (χ4n) is 2.32. The van der Waals surface area contributed by atoms with Crippen LogP contribution in [0.15, 0.2) is 24.5 Å². The van der Waals surface area contributed by atoms with Gasteiger partial charge in [-0.3, -0.25) is 0 Å². The van der Waals surface area contributed by atoms with Crippen molar-refractivity contribution in [3.63, 3.8) is 0 Å². The van der Waals surface area contributed by atoms with Gasteiger partial charge in [-0.15, -0.1) is 0 Å².